The van der Waals surface area contributed by atoms with Crippen molar-refractivity contribution in [2.75, 3.05) is 28.6 Å². The first kappa shape index (κ1) is 25.5. The molecule has 0 heterocycles. The Hall–Kier alpha value is -4.13. The van der Waals surface area contributed by atoms with Crippen LogP contribution in [0.4, 0.5) is 17.1 Å². The van der Waals surface area contributed by atoms with Gasteiger partial charge >= 0.3 is 0 Å². The summed E-state index contributed by atoms with van der Waals surface area (Å²) < 4.78 is 0. The molecule has 3 aromatic carbocycles. The largest absolute Gasteiger partial charge is 0.376 e. The minimum atomic E-state index is -0.325. The Balaban J connectivity index is 1.57. The number of hydrogen-bond donors (Lipinski definition) is 3. The van der Waals surface area contributed by atoms with E-state index >= 15 is 0 Å². The van der Waals surface area contributed by atoms with Gasteiger partial charge in [0.05, 0.1) is 6.54 Å². The van der Waals surface area contributed by atoms with E-state index < -0.39 is 0 Å². The molecule has 0 fully saturated rings. The number of amides is 3. The number of para-hydroxylation sites is 1. The van der Waals surface area contributed by atoms with Crippen LogP contribution in [0.3, 0.4) is 0 Å². The molecule has 0 saturated carbocycles. The first-order valence-corrected chi connectivity index (χ1v) is 11.6. The quantitative estimate of drug-likeness (QED) is 0.433. The van der Waals surface area contributed by atoms with E-state index in [1.54, 1.807) is 47.4 Å². The van der Waals surface area contributed by atoms with Gasteiger partial charge in [-0.15, -0.1) is 0 Å². The lowest BCUT2D eigenvalue weighted by molar-refractivity contribution is -0.114. The predicted octanol–water partition coefficient (Wildman–Crippen LogP) is 4.93. The number of carbonyl (C=O) groups excluding carboxylic acids is 3. The van der Waals surface area contributed by atoms with Gasteiger partial charge in [-0.2, -0.15) is 0 Å². The molecule has 3 N–H and O–H groups in total. The maximum Gasteiger partial charge on any atom is 0.258 e. The molecular weight excluding hydrogens is 440 g/mol. The van der Waals surface area contributed by atoms with Crippen molar-refractivity contribution in [3.63, 3.8) is 0 Å². The minimum absolute atomic E-state index is 0.0279. The van der Waals surface area contributed by atoms with E-state index in [9.17, 15) is 14.4 Å². The highest BCUT2D eigenvalue weighted by atomic mass is 16.2. The van der Waals surface area contributed by atoms with Crippen molar-refractivity contribution in [2.24, 2.45) is 0 Å². The molecule has 7 heteroatoms. The van der Waals surface area contributed by atoms with Crippen LogP contribution in [0.2, 0.25) is 0 Å². The maximum atomic E-state index is 13.1. The van der Waals surface area contributed by atoms with Crippen LogP contribution in [-0.4, -0.2) is 36.3 Å². The summed E-state index contributed by atoms with van der Waals surface area (Å²) in [6.07, 6.45) is 0. The molecule has 3 rings (SSSR count). The number of carbonyl (C=O) groups is 3. The summed E-state index contributed by atoms with van der Waals surface area (Å²) in [5.74, 6) is -0.518. The topological polar surface area (TPSA) is 90.5 Å². The van der Waals surface area contributed by atoms with Gasteiger partial charge in [0.15, 0.2) is 0 Å². The van der Waals surface area contributed by atoms with Crippen LogP contribution in [0.25, 0.3) is 0 Å². The van der Waals surface area contributed by atoms with Crippen LogP contribution in [0.15, 0.2) is 78.9 Å². The Bertz CT molecular complexity index is 1170. The predicted molar refractivity (Wildman–Crippen MR) is 141 cm³/mol. The molecule has 0 bridgehead atoms. The van der Waals surface area contributed by atoms with Gasteiger partial charge in [-0.25, -0.2) is 0 Å². The smallest absolute Gasteiger partial charge is 0.258 e. The minimum Gasteiger partial charge on any atom is -0.376 e. The molecule has 0 aliphatic carbocycles. The van der Waals surface area contributed by atoms with Crippen molar-refractivity contribution in [1.82, 2.24) is 5.32 Å². The Kier molecular flexibility index (Phi) is 8.25. The normalized spacial score (nSPS) is 10.9. The van der Waals surface area contributed by atoms with Crippen molar-refractivity contribution in [1.29, 1.82) is 0 Å². The second-order valence-electron chi connectivity index (χ2n) is 9.15. The van der Waals surface area contributed by atoms with Crippen LogP contribution < -0.4 is 20.9 Å². The molecule has 3 amide bonds. The van der Waals surface area contributed by atoms with Crippen LogP contribution in [0, 0.1) is 0 Å². The third-order valence-electron chi connectivity index (χ3n) is 5.11. The Morgan fingerprint density at radius 1 is 0.800 bits per heavy atom. The van der Waals surface area contributed by atoms with Crippen molar-refractivity contribution < 1.29 is 14.4 Å². The van der Waals surface area contributed by atoms with E-state index in [0.29, 0.717) is 29.0 Å². The summed E-state index contributed by atoms with van der Waals surface area (Å²) in [6.45, 7) is 8.25. The Morgan fingerprint density at radius 2 is 1.49 bits per heavy atom. The van der Waals surface area contributed by atoms with Crippen LogP contribution in [0.1, 0.15) is 48.4 Å². The molecule has 7 nitrogen and oxygen atoms in total. The van der Waals surface area contributed by atoms with Gasteiger partial charge in [-0.05, 0) is 82.3 Å². The van der Waals surface area contributed by atoms with Gasteiger partial charge in [-0.3, -0.25) is 14.4 Å². The fraction of sp³-hybridized carbons (Fsp3) is 0.250. The molecule has 0 saturated heterocycles. The Morgan fingerprint density at radius 3 is 2.11 bits per heavy atom. The highest BCUT2D eigenvalue weighted by Crippen LogP contribution is 2.19. The molecule has 0 radical (unpaired) electrons. The molecule has 182 valence electrons. The molecule has 0 aromatic heterocycles. The monoisotopic (exact) mass is 472 g/mol. The summed E-state index contributed by atoms with van der Waals surface area (Å²) in [6, 6.07) is 23.3. The number of hydrogen-bond acceptors (Lipinski definition) is 4. The summed E-state index contributed by atoms with van der Waals surface area (Å²) in [7, 11) is 0. The third kappa shape index (κ3) is 7.43. The van der Waals surface area contributed by atoms with Gasteiger partial charge < -0.3 is 20.9 Å². The second kappa shape index (κ2) is 11.3. The number of nitrogens with one attached hydrogen (secondary N) is 3. The number of benzene rings is 3. The van der Waals surface area contributed by atoms with E-state index in [0.717, 1.165) is 5.69 Å². The van der Waals surface area contributed by atoms with Crippen molar-refractivity contribution in [2.45, 2.75) is 33.2 Å². The first-order valence-electron chi connectivity index (χ1n) is 11.6. The Labute approximate surface area is 206 Å². The van der Waals surface area contributed by atoms with Gasteiger partial charge in [-0.1, -0.05) is 24.3 Å². The number of nitrogens with zero attached hydrogens (tertiary/aromatic N) is 1. The number of anilines is 3. The molecule has 0 spiro atoms. The lowest BCUT2D eigenvalue weighted by atomic mass is 10.1. The summed E-state index contributed by atoms with van der Waals surface area (Å²) in [5.41, 5.74) is 2.83. The fourth-order valence-electron chi connectivity index (χ4n) is 3.47. The SMILES string of the molecule is CCN(C(=O)c1cccc(NCC(=O)Nc2ccc(C(=O)NC(C)(C)C)cc2)c1)c1ccccc1. The molecule has 0 atom stereocenters. The van der Waals surface area contributed by atoms with Crippen molar-refractivity contribution in [3.05, 3.63) is 90.0 Å². The summed E-state index contributed by atoms with van der Waals surface area (Å²) >= 11 is 0. The van der Waals surface area contributed by atoms with E-state index in [-0.39, 0.29) is 29.8 Å². The zero-order valence-electron chi connectivity index (χ0n) is 20.6. The van der Waals surface area contributed by atoms with Crippen LogP contribution in [0.5, 0.6) is 0 Å². The molecule has 35 heavy (non-hydrogen) atoms. The van der Waals surface area contributed by atoms with E-state index in [2.05, 4.69) is 16.0 Å². The zero-order valence-corrected chi connectivity index (χ0v) is 20.6. The second-order valence-corrected chi connectivity index (χ2v) is 9.15. The summed E-state index contributed by atoms with van der Waals surface area (Å²) in [5, 5.41) is 8.77. The fourth-order valence-corrected chi connectivity index (χ4v) is 3.47. The molecule has 0 aliphatic heterocycles. The molecule has 0 aliphatic rings. The van der Waals surface area contributed by atoms with Crippen LogP contribution in [-0.2, 0) is 4.79 Å². The molecule has 0 unspecified atom stereocenters. The van der Waals surface area contributed by atoms with Gasteiger partial charge in [0.25, 0.3) is 11.8 Å². The van der Waals surface area contributed by atoms with Crippen molar-refractivity contribution >= 4 is 34.8 Å². The summed E-state index contributed by atoms with van der Waals surface area (Å²) in [4.78, 5) is 39.4. The average molecular weight is 473 g/mol. The lowest BCUT2D eigenvalue weighted by Gasteiger charge is -2.21. The molecule has 3 aromatic rings. The third-order valence-corrected chi connectivity index (χ3v) is 5.11. The highest BCUT2D eigenvalue weighted by molar-refractivity contribution is 6.06. The maximum absolute atomic E-state index is 13.1. The standard InChI is InChI=1S/C28H32N4O3/c1-5-32(24-12-7-6-8-13-24)27(35)21-10-9-11-23(18-21)29-19-25(33)30-22-16-14-20(15-17-22)26(34)31-28(2,3)4/h6-18,29H,5,19H2,1-4H3,(H,30,33)(H,31,34). The van der Waals surface area contributed by atoms with Gasteiger partial charge in [0.1, 0.15) is 0 Å². The molecular formula is C28H32N4O3. The van der Waals surface area contributed by atoms with E-state index in [1.807, 2.05) is 64.1 Å². The zero-order chi connectivity index (χ0) is 25.4. The average Bonchev–Trinajstić information content (AvgIpc) is 2.83. The van der Waals surface area contributed by atoms with E-state index in [4.69, 9.17) is 0 Å². The number of rotatable bonds is 8. The van der Waals surface area contributed by atoms with Crippen LogP contribution >= 0.6 is 0 Å². The van der Waals surface area contributed by atoms with E-state index in [1.165, 1.54) is 0 Å². The van der Waals surface area contributed by atoms with Crippen molar-refractivity contribution in [3.8, 4) is 0 Å². The van der Waals surface area contributed by atoms with Gasteiger partial charge in [0, 0.05) is 40.3 Å². The lowest BCUT2D eigenvalue weighted by Crippen LogP contribution is -2.40. The first-order chi connectivity index (χ1) is 16.7. The van der Waals surface area contributed by atoms with Gasteiger partial charge in [0.2, 0.25) is 5.91 Å². The highest BCUT2D eigenvalue weighted by Gasteiger charge is 2.17.